The van der Waals surface area contributed by atoms with Crippen molar-refractivity contribution in [3.63, 3.8) is 0 Å². The number of carbonyl (C=O) groups excluding carboxylic acids is 2. The Bertz CT molecular complexity index is 1330. The van der Waals surface area contributed by atoms with Crippen LogP contribution in [0.1, 0.15) is 32.3 Å². The molecule has 0 saturated carbocycles. The molecule has 4 rings (SSSR count). The van der Waals surface area contributed by atoms with Gasteiger partial charge in [0.1, 0.15) is 11.5 Å². The Kier molecular flexibility index (Phi) is 9.18. The maximum absolute atomic E-state index is 14.4. The molecule has 206 valence electrons. The Morgan fingerprint density at radius 2 is 1.82 bits per heavy atom. The van der Waals surface area contributed by atoms with Crippen LogP contribution in [0.4, 0.5) is 4.39 Å². The maximum Gasteiger partial charge on any atom is 0.266 e. The van der Waals surface area contributed by atoms with E-state index in [4.69, 9.17) is 21.1 Å². The first-order valence-corrected chi connectivity index (χ1v) is 13.9. The molecule has 9 heteroatoms. The molecule has 6 nitrogen and oxygen atoms in total. The molecule has 3 aromatic carbocycles. The van der Waals surface area contributed by atoms with Crippen molar-refractivity contribution in [1.29, 1.82) is 0 Å². The van der Waals surface area contributed by atoms with E-state index in [9.17, 15) is 14.0 Å². The van der Waals surface area contributed by atoms with E-state index in [1.54, 1.807) is 79.2 Å². The lowest BCUT2D eigenvalue weighted by atomic mass is 9.94. The number of halogens is 3. The Morgan fingerprint density at radius 3 is 2.54 bits per heavy atom. The van der Waals surface area contributed by atoms with Gasteiger partial charge < -0.3 is 19.3 Å². The Morgan fingerprint density at radius 1 is 1.10 bits per heavy atom. The van der Waals surface area contributed by atoms with Crippen molar-refractivity contribution in [2.75, 3.05) is 20.1 Å². The van der Waals surface area contributed by atoms with E-state index in [1.165, 1.54) is 6.07 Å². The minimum atomic E-state index is -1.11. The monoisotopic (exact) mass is 616 g/mol. The van der Waals surface area contributed by atoms with Crippen LogP contribution >= 0.6 is 27.5 Å². The zero-order valence-corrected chi connectivity index (χ0v) is 24.5. The predicted molar refractivity (Wildman–Crippen MR) is 153 cm³/mol. The smallest absolute Gasteiger partial charge is 0.266 e. The SMILES string of the molecule is CN(Cc1ccccc1Oc1ccc(Br)cc1F)C(=O)[C@H]1CCCN(C(=O)C(C)(C)Oc2ccc(Cl)cc2)C1. The number of amides is 2. The maximum atomic E-state index is 14.4. The molecule has 0 N–H and O–H groups in total. The molecule has 39 heavy (non-hydrogen) atoms. The summed E-state index contributed by atoms with van der Waals surface area (Å²) in [4.78, 5) is 30.2. The first-order chi connectivity index (χ1) is 18.5. The van der Waals surface area contributed by atoms with E-state index in [1.807, 2.05) is 12.1 Å². The van der Waals surface area contributed by atoms with Gasteiger partial charge in [-0.2, -0.15) is 0 Å². The summed E-state index contributed by atoms with van der Waals surface area (Å²) in [6.45, 7) is 4.62. The highest BCUT2D eigenvalue weighted by Crippen LogP contribution is 2.31. The topological polar surface area (TPSA) is 59.1 Å². The van der Waals surface area contributed by atoms with Crippen LogP contribution in [0.3, 0.4) is 0 Å². The summed E-state index contributed by atoms with van der Waals surface area (Å²) in [6.07, 6.45) is 1.41. The van der Waals surface area contributed by atoms with Gasteiger partial charge >= 0.3 is 0 Å². The molecule has 0 aromatic heterocycles. The second-order valence-electron chi connectivity index (χ2n) is 10.1. The summed E-state index contributed by atoms with van der Waals surface area (Å²) in [5.41, 5.74) is -0.361. The molecule has 1 aliphatic rings. The number of para-hydroxylation sites is 1. The van der Waals surface area contributed by atoms with Gasteiger partial charge in [0.15, 0.2) is 17.2 Å². The fourth-order valence-corrected chi connectivity index (χ4v) is 5.10. The van der Waals surface area contributed by atoms with Crippen LogP contribution in [0, 0.1) is 11.7 Å². The van der Waals surface area contributed by atoms with Crippen molar-refractivity contribution in [2.45, 2.75) is 38.8 Å². The lowest BCUT2D eigenvalue weighted by Crippen LogP contribution is -2.53. The molecule has 1 saturated heterocycles. The van der Waals surface area contributed by atoms with Gasteiger partial charge in [0.25, 0.3) is 5.91 Å². The third kappa shape index (κ3) is 7.31. The van der Waals surface area contributed by atoms with Crippen LogP contribution in [0.25, 0.3) is 0 Å². The zero-order chi connectivity index (χ0) is 28.2. The second kappa shape index (κ2) is 12.4. The van der Waals surface area contributed by atoms with Crippen LogP contribution in [-0.2, 0) is 16.1 Å². The van der Waals surface area contributed by atoms with E-state index in [-0.39, 0.29) is 30.0 Å². The van der Waals surface area contributed by atoms with Crippen molar-refractivity contribution < 1.29 is 23.5 Å². The number of carbonyl (C=O) groups is 2. The van der Waals surface area contributed by atoms with Crippen LogP contribution in [0.15, 0.2) is 71.2 Å². The van der Waals surface area contributed by atoms with Gasteiger partial charge in [0.2, 0.25) is 5.91 Å². The number of rotatable bonds is 8. The first kappa shape index (κ1) is 28.9. The Balaban J connectivity index is 1.40. The fourth-order valence-electron chi connectivity index (χ4n) is 4.64. The molecule has 1 aliphatic heterocycles. The number of piperidine rings is 1. The van der Waals surface area contributed by atoms with Crippen molar-refractivity contribution in [1.82, 2.24) is 9.80 Å². The normalized spacial score (nSPS) is 15.5. The molecule has 2 amide bonds. The van der Waals surface area contributed by atoms with E-state index in [2.05, 4.69) is 15.9 Å². The third-order valence-electron chi connectivity index (χ3n) is 6.63. The van der Waals surface area contributed by atoms with Crippen LogP contribution in [0.5, 0.6) is 17.2 Å². The summed E-state index contributed by atoms with van der Waals surface area (Å²) < 4.78 is 26.8. The fraction of sp³-hybridized carbons (Fsp3) is 0.333. The summed E-state index contributed by atoms with van der Waals surface area (Å²) in [5.74, 6) is 0.0615. The summed E-state index contributed by atoms with van der Waals surface area (Å²) in [5, 5.41) is 0.586. The van der Waals surface area contributed by atoms with Gasteiger partial charge in [0.05, 0.1) is 5.92 Å². The molecule has 0 aliphatic carbocycles. The minimum absolute atomic E-state index is 0.0615. The lowest BCUT2D eigenvalue weighted by molar-refractivity contribution is -0.149. The molecule has 0 radical (unpaired) electrons. The number of hydrogen-bond acceptors (Lipinski definition) is 4. The second-order valence-corrected chi connectivity index (χ2v) is 11.5. The molecule has 1 heterocycles. The van der Waals surface area contributed by atoms with Crippen molar-refractivity contribution >= 4 is 39.3 Å². The van der Waals surface area contributed by atoms with E-state index < -0.39 is 11.4 Å². The van der Waals surface area contributed by atoms with E-state index >= 15 is 0 Å². The Labute approximate surface area is 241 Å². The number of ether oxygens (including phenoxy) is 2. The van der Waals surface area contributed by atoms with Gasteiger partial charge in [-0.1, -0.05) is 45.7 Å². The van der Waals surface area contributed by atoms with Gasteiger partial charge in [-0.05, 0) is 75.2 Å². The third-order valence-corrected chi connectivity index (χ3v) is 7.37. The lowest BCUT2D eigenvalue weighted by Gasteiger charge is -2.38. The highest BCUT2D eigenvalue weighted by atomic mass is 79.9. The van der Waals surface area contributed by atoms with Crippen LogP contribution in [-0.4, -0.2) is 47.4 Å². The van der Waals surface area contributed by atoms with Gasteiger partial charge in [-0.15, -0.1) is 0 Å². The highest BCUT2D eigenvalue weighted by molar-refractivity contribution is 9.10. The van der Waals surface area contributed by atoms with E-state index in [0.29, 0.717) is 40.5 Å². The standard InChI is InChI=1S/C30H31BrClFN2O4/c1-30(2,39-24-13-11-23(32)12-14-24)29(37)35-16-6-8-21(19-35)28(36)34(3)18-20-7-4-5-9-26(20)38-27-15-10-22(31)17-25(27)33/h4-5,7,9-15,17,21H,6,8,16,18-19H2,1-3H3/t21-/m0/s1. The molecule has 3 aromatic rings. The largest absolute Gasteiger partial charge is 0.478 e. The van der Waals surface area contributed by atoms with Crippen molar-refractivity contribution in [3.05, 3.63) is 87.6 Å². The predicted octanol–water partition coefficient (Wildman–Crippen LogP) is 7.09. The quantitative estimate of drug-likeness (QED) is 0.271. The highest BCUT2D eigenvalue weighted by Gasteiger charge is 2.38. The Hall–Kier alpha value is -3.10. The molecular formula is C30H31BrClFN2O4. The van der Waals surface area contributed by atoms with Crippen LogP contribution in [0.2, 0.25) is 5.02 Å². The summed E-state index contributed by atoms with van der Waals surface area (Å²) in [7, 11) is 1.73. The molecular weight excluding hydrogens is 587 g/mol. The average molecular weight is 618 g/mol. The van der Waals surface area contributed by atoms with Crippen molar-refractivity contribution in [2.24, 2.45) is 5.92 Å². The number of likely N-dealkylation sites (tertiary alicyclic amines) is 1. The molecule has 0 spiro atoms. The molecule has 1 fully saturated rings. The number of nitrogens with zero attached hydrogens (tertiary/aromatic N) is 2. The van der Waals surface area contributed by atoms with Gasteiger partial charge in [-0.3, -0.25) is 9.59 Å². The minimum Gasteiger partial charge on any atom is -0.478 e. The summed E-state index contributed by atoms with van der Waals surface area (Å²) >= 11 is 9.20. The van der Waals surface area contributed by atoms with E-state index in [0.717, 1.165) is 12.0 Å². The van der Waals surface area contributed by atoms with Crippen molar-refractivity contribution in [3.8, 4) is 17.2 Å². The van der Waals surface area contributed by atoms with Gasteiger partial charge in [0, 0.05) is 41.7 Å². The zero-order valence-electron chi connectivity index (χ0n) is 22.1. The molecule has 1 atom stereocenters. The number of benzene rings is 3. The van der Waals surface area contributed by atoms with Crippen LogP contribution < -0.4 is 9.47 Å². The van der Waals surface area contributed by atoms with Gasteiger partial charge in [-0.25, -0.2) is 4.39 Å². The molecule has 0 unspecified atom stereocenters. The summed E-state index contributed by atoms with van der Waals surface area (Å²) in [6, 6.07) is 18.7. The first-order valence-electron chi connectivity index (χ1n) is 12.7. The average Bonchev–Trinajstić information content (AvgIpc) is 2.91. The molecule has 0 bridgehead atoms. The number of hydrogen-bond donors (Lipinski definition) is 0.